The summed E-state index contributed by atoms with van der Waals surface area (Å²) in [6.45, 7) is 0.491. The molecule has 0 saturated carbocycles. The first-order valence-electron chi connectivity index (χ1n) is 9.01. The van der Waals surface area contributed by atoms with E-state index >= 15 is 0 Å². The molecular formula is C20H23ClN2O4S. The molecular weight excluding hydrogens is 400 g/mol. The van der Waals surface area contributed by atoms with E-state index in [0.29, 0.717) is 24.4 Å². The molecule has 0 spiro atoms. The number of benzene rings is 2. The first-order valence-corrected chi connectivity index (χ1v) is 10.8. The molecule has 1 amide bonds. The molecule has 1 aliphatic heterocycles. The molecule has 1 fully saturated rings. The van der Waals surface area contributed by atoms with Crippen LogP contribution in [0.2, 0.25) is 5.02 Å². The number of amides is 1. The Labute approximate surface area is 170 Å². The van der Waals surface area contributed by atoms with Crippen molar-refractivity contribution >= 4 is 33.2 Å². The van der Waals surface area contributed by atoms with Crippen molar-refractivity contribution in [3.05, 3.63) is 53.6 Å². The second-order valence-corrected chi connectivity index (χ2v) is 9.07. The first kappa shape index (κ1) is 20.6. The van der Waals surface area contributed by atoms with Crippen molar-refractivity contribution in [3.63, 3.8) is 0 Å². The highest BCUT2D eigenvalue weighted by atomic mass is 35.5. The largest absolute Gasteiger partial charge is 0.495 e. The molecule has 2 aromatic carbocycles. The number of hydrogen-bond acceptors (Lipinski definition) is 4. The van der Waals surface area contributed by atoms with E-state index < -0.39 is 15.9 Å². The van der Waals surface area contributed by atoms with Crippen LogP contribution in [0.4, 0.5) is 5.69 Å². The van der Waals surface area contributed by atoms with Gasteiger partial charge in [-0.05, 0) is 43.2 Å². The lowest BCUT2D eigenvalue weighted by Gasteiger charge is -2.33. The fourth-order valence-electron chi connectivity index (χ4n) is 3.41. The summed E-state index contributed by atoms with van der Waals surface area (Å²) < 4.78 is 32.9. The smallest absolute Gasteiger partial charge is 0.246 e. The van der Waals surface area contributed by atoms with Gasteiger partial charge in [0.05, 0.1) is 13.0 Å². The number of rotatable bonds is 5. The van der Waals surface area contributed by atoms with Crippen LogP contribution in [0.15, 0.2) is 53.4 Å². The summed E-state index contributed by atoms with van der Waals surface area (Å²) in [4.78, 5) is 14.5. The quantitative estimate of drug-likeness (QED) is 0.740. The average Bonchev–Trinajstić information content (AvgIpc) is 2.73. The van der Waals surface area contributed by atoms with Gasteiger partial charge in [0.1, 0.15) is 10.6 Å². The maximum absolute atomic E-state index is 13.2. The van der Waals surface area contributed by atoms with Crippen molar-refractivity contribution < 1.29 is 17.9 Å². The summed E-state index contributed by atoms with van der Waals surface area (Å²) in [6, 6.07) is 13.8. The number of halogens is 1. The number of para-hydroxylation sites is 1. The summed E-state index contributed by atoms with van der Waals surface area (Å²) in [7, 11) is -0.701. The summed E-state index contributed by atoms with van der Waals surface area (Å²) in [6.07, 6.45) is 1.26. The molecule has 1 atom stereocenters. The fraction of sp³-hybridized carbons (Fsp3) is 0.350. The molecule has 0 aromatic heterocycles. The van der Waals surface area contributed by atoms with Crippen molar-refractivity contribution in [2.24, 2.45) is 5.92 Å². The molecule has 0 bridgehead atoms. The average molecular weight is 423 g/mol. The Morgan fingerprint density at radius 3 is 2.61 bits per heavy atom. The number of ether oxygens (including phenoxy) is 1. The highest BCUT2D eigenvalue weighted by Gasteiger charge is 2.36. The number of methoxy groups -OCH3 is 1. The SMILES string of the molecule is COc1ccc(Cl)cc1S(=O)(=O)N1CCC[C@H](C(=O)N(C)c2ccccc2)C1. The van der Waals surface area contributed by atoms with Gasteiger partial charge in [0.2, 0.25) is 15.9 Å². The van der Waals surface area contributed by atoms with Gasteiger partial charge in [-0.3, -0.25) is 4.79 Å². The Morgan fingerprint density at radius 1 is 1.21 bits per heavy atom. The van der Waals surface area contributed by atoms with E-state index in [-0.39, 0.29) is 23.1 Å². The van der Waals surface area contributed by atoms with E-state index in [0.717, 1.165) is 5.69 Å². The fourth-order valence-corrected chi connectivity index (χ4v) is 5.35. The van der Waals surface area contributed by atoms with Crippen LogP contribution in [-0.2, 0) is 14.8 Å². The Hall–Kier alpha value is -2.09. The topological polar surface area (TPSA) is 66.9 Å². The molecule has 0 radical (unpaired) electrons. The molecule has 2 aromatic rings. The lowest BCUT2D eigenvalue weighted by Crippen LogP contribution is -2.46. The molecule has 28 heavy (non-hydrogen) atoms. The molecule has 150 valence electrons. The summed E-state index contributed by atoms with van der Waals surface area (Å²) in [5, 5.41) is 0.313. The lowest BCUT2D eigenvalue weighted by molar-refractivity contribution is -0.123. The molecule has 0 N–H and O–H groups in total. The summed E-state index contributed by atoms with van der Waals surface area (Å²) >= 11 is 6.01. The van der Waals surface area contributed by atoms with Gasteiger partial charge < -0.3 is 9.64 Å². The summed E-state index contributed by atoms with van der Waals surface area (Å²) in [5.41, 5.74) is 0.781. The van der Waals surface area contributed by atoms with Crippen LogP contribution < -0.4 is 9.64 Å². The number of nitrogens with zero attached hydrogens (tertiary/aromatic N) is 2. The van der Waals surface area contributed by atoms with Crippen molar-refractivity contribution in [2.45, 2.75) is 17.7 Å². The standard InChI is InChI=1S/C20H23ClN2O4S/c1-22(17-8-4-3-5-9-17)20(24)15-7-6-12-23(14-15)28(25,26)19-13-16(21)10-11-18(19)27-2/h3-5,8-11,13,15H,6-7,12,14H2,1-2H3/t15-/m0/s1. The maximum Gasteiger partial charge on any atom is 0.246 e. The molecule has 8 heteroatoms. The Bertz CT molecular complexity index is 950. The van der Waals surface area contributed by atoms with Gasteiger partial charge in [-0.1, -0.05) is 29.8 Å². The second kappa shape index (κ2) is 8.51. The van der Waals surface area contributed by atoms with Gasteiger partial charge in [0.25, 0.3) is 0 Å². The van der Waals surface area contributed by atoms with Crippen LogP contribution in [-0.4, -0.2) is 45.9 Å². The van der Waals surface area contributed by atoms with E-state index in [2.05, 4.69) is 0 Å². The molecule has 1 saturated heterocycles. The molecule has 0 unspecified atom stereocenters. The van der Waals surface area contributed by atoms with Crippen LogP contribution in [0.3, 0.4) is 0 Å². The lowest BCUT2D eigenvalue weighted by atomic mass is 9.98. The van der Waals surface area contributed by atoms with Gasteiger partial charge in [0.15, 0.2) is 0 Å². The highest BCUT2D eigenvalue weighted by Crippen LogP contribution is 2.32. The first-order chi connectivity index (χ1) is 13.3. The van der Waals surface area contributed by atoms with Gasteiger partial charge in [0, 0.05) is 30.8 Å². The van der Waals surface area contributed by atoms with Crippen molar-refractivity contribution in [2.75, 3.05) is 32.1 Å². The third-order valence-corrected chi connectivity index (χ3v) is 7.07. The number of hydrogen-bond donors (Lipinski definition) is 0. The third kappa shape index (κ3) is 4.16. The summed E-state index contributed by atoms with van der Waals surface area (Å²) in [5.74, 6) is -0.262. The van der Waals surface area contributed by atoms with E-state index in [1.165, 1.54) is 23.5 Å². The van der Waals surface area contributed by atoms with E-state index in [1.807, 2.05) is 30.3 Å². The van der Waals surface area contributed by atoms with Crippen LogP contribution in [0, 0.1) is 5.92 Å². The number of sulfonamides is 1. The van der Waals surface area contributed by atoms with Gasteiger partial charge in [-0.25, -0.2) is 8.42 Å². The van der Waals surface area contributed by atoms with Gasteiger partial charge in [-0.15, -0.1) is 0 Å². The highest BCUT2D eigenvalue weighted by molar-refractivity contribution is 7.89. The molecule has 1 heterocycles. The van der Waals surface area contributed by atoms with E-state index in [4.69, 9.17) is 16.3 Å². The van der Waals surface area contributed by atoms with E-state index in [1.54, 1.807) is 18.0 Å². The van der Waals surface area contributed by atoms with Crippen LogP contribution in [0.5, 0.6) is 5.75 Å². The van der Waals surface area contributed by atoms with Crippen LogP contribution >= 0.6 is 11.6 Å². The molecule has 1 aliphatic rings. The van der Waals surface area contributed by atoms with Crippen molar-refractivity contribution in [1.29, 1.82) is 0 Å². The zero-order valence-corrected chi connectivity index (χ0v) is 17.4. The number of anilines is 1. The van der Waals surface area contributed by atoms with Crippen molar-refractivity contribution in [3.8, 4) is 5.75 Å². The zero-order chi connectivity index (χ0) is 20.3. The minimum Gasteiger partial charge on any atom is -0.495 e. The number of piperidine rings is 1. The number of carbonyl (C=O) groups excluding carboxylic acids is 1. The predicted octanol–water partition coefficient (Wildman–Crippen LogP) is 3.41. The third-order valence-electron chi connectivity index (χ3n) is 4.95. The maximum atomic E-state index is 13.2. The minimum absolute atomic E-state index is 0.0204. The normalized spacial score (nSPS) is 17.9. The number of carbonyl (C=O) groups is 1. The van der Waals surface area contributed by atoms with Crippen molar-refractivity contribution in [1.82, 2.24) is 4.31 Å². The zero-order valence-electron chi connectivity index (χ0n) is 15.8. The Balaban J connectivity index is 1.83. The Kier molecular flexibility index (Phi) is 6.27. The van der Waals surface area contributed by atoms with E-state index in [9.17, 15) is 13.2 Å². The molecule has 3 rings (SSSR count). The monoisotopic (exact) mass is 422 g/mol. The predicted molar refractivity (Wildman–Crippen MR) is 109 cm³/mol. The van der Waals surface area contributed by atoms with Crippen LogP contribution in [0.1, 0.15) is 12.8 Å². The molecule has 6 nitrogen and oxygen atoms in total. The van der Waals surface area contributed by atoms with Gasteiger partial charge in [-0.2, -0.15) is 4.31 Å². The minimum atomic E-state index is -3.83. The second-order valence-electron chi connectivity index (χ2n) is 6.73. The Morgan fingerprint density at radius 2 is 1.93 bits per heavy atom. The van der Waals surface area contributed by atoms with Crippen LogP contribution in [0.25, 0.3) is 0 Å². The molecule has 0 aliphatic carbocycles. The van der Waals surface area contributed by atoms with Gasteiger partial charge >= 0.3 is 0 Å².